The lowest BCUT2D eigenvalue weighted by Crippen LogP contribution is -2.62. The van der Waals surface area contributed by atoms with Gasteiger partial charge in [-0.15, -0.1) is 0 Å². The molecule has 0 radical (unpaired) electrons. The van der Waals surface area contributed by atoms with E-state index in [0.717, 1.165) is 88.6 Å². The van der Waals surface area contributed by atoms with Crippen molar-refractivity contribution in [2.45, 2.75) is 44.1 Å². The van der Waals surface area contributed by atoms with Crippen LogP contribution in [0.4, 0.5) is 10.7 Å². The van der Waals surface area contributed by atoms with Gasteiger partial charge in [0.25, 0.3) is 0 Å². The van der Waals surface area contributed by atoms with Crippen molar-refractivity contribution in [1.29, 1.82) is 0 Å². The third-order valence-corrected chi connectivity index (χ3v) is 7.73. The molecule has 3 fully saturated rings. The first kappa shape index (κ1) is 24.5. The monoisotopic (exact) mass is 492 g/mol. The van der Waals surface area contributed by atoms with Crippen molar-refractivity contribution in [2.24, 2.45) is 0 Å². The summed E-state index contributed by atoms with van der Waals surface area (Å²) in [7, 11) is 1.64. The molecule has 0 unspecified atom stereocenters. The first-order valence-electron chi connectivity index (χ1n) is 13.2. The third-order valence-electron chi connectivity index (χ3n) is 7.73. The summed E-state index contributed by atoms with van der Waals surface area (Å²) in [6, 6.07) is 9.44. The number of piperazine rings is 1. The molecule has 0 saturated carbocycles. The SMILES string of the molecule is COc1ccc([C@H]2C(=O)N(CCCCN3CCN(c4ncccn4)CC3)C(=O)N3CCCC[C@H]23)cc1. The van der Waals surface area contributed by atoms with E-state index in [-0.39, 0.29) is 23.9 Å². The largest absolute Gasteiger partial charge is 0.497 e. The Balaban J connectivity index is 1.16. The minimum Gasteiger partial charge on any atom is -0.497 e. The maximum absolute atomic E-state index is 13.6. The van der Waals surface area contributed by atoms with Crippen LogP contribution in [0.3, 0.4) is 0 Å². The molecule has 0 aliphatic carbocycles. The number of unbranched alkanes of at least 4 members (excludes halogenated alkanes) is 1. The molecule has 36 heavy (non-hydrogen) atoms. The maximum Gasteiger partial charge on any atom is 0.326 e. The lowest BCUT2D eigenvalue weighted by atomic mass is 9.82. The van der Waals surface area contributed by atoms with E-state index in [1.165, 1.54) is 4.90 Å². The highest BCUT2D eigenvalue weighted by Gasteiger charge is 2.47. The van der Waals surface area contributed by atoms with E-state index in [4.69, 9.17) is 4.74 Å². The van der Waals surface area contributed by atoms with Gasteiger partial charge in [-0.25, -0.2) is 14.8 Å². The lowest BCUT2D eigenvalue weighted by Gasteiger charge is -2.47. The van der Waals surface area contributed by atoms with Crippen LogP contribution in [0, 0.1) is 0 Å². The number of ether oxygens (including phenoxy) is 1. The first-order valence-corrected chi connectivity index (χ1v) is 13.2. The lowest BCUT2D eigenvalue weighted by molar-refractivity contribution is -0.135. The van der Waals surface area contributed by atoms with Gasteiger partial charge in [0.2, 0.25) is 11.9 Å². The second kappa shape index (κ2) is 11.2. The highest BCUT2D eigenvalue weighted by atomic mass is 16.5. The van der Waals surface area contributed by atoms with Gasteiger partial charge >= 0.3 is 6.03 Å². The average Bonchev–Trinajstić information content (AvgIpc) is 2.94. The summed E-state index contributed by atoms with van der Waals surface area (Å²) in [5.74, 6) is 1.21. The zero-order valence-electron chi connectivity index (χ0n) is 21.1. The first-order chi connectivity index (χ1) is 17.7. The fourth-order valence-corrected chi connectivity index (χ4v) is 5.74. The number of benzene rings is 1. The number of imide groups is 1. The Kier molecular flexibility index (Phi) is 7.65. The van der Waals surface area contributed by atoms with Gasteiger partial charge in [-0.1, -0.05) is 12.1 Å². The Labute approximate surface area is 213 Å². The van der Waals surface area contributed by atoms with Crippen molar-refractivity contribution in [1.82, 2.24) is 24.7 Å². The summed E-state index contributed by atoms with van der Waals surface area (Å²) in [5.41, 5.74) is 0.968. The number of hydrogen-bond donors (Lipinski definition) is 0. The number of rotatable bonds is 8. The average molecular weight is 493 g/mol. The fraction of sp³-hybridized carbons (Fsp3) is 0.556. The second-order valence-electron chi connectivity index (χ2n) is 9.86. The molecule has 1 aromatic heterocycles. The quantitative estimate of drug-likeness (QED) is 0.524. The third kappa shape index (κ3) is 5.16. The van der Waals surface area contributed by atoms with E-state index in [2.05, 4.69) is 19.8 Å². The molecule has 0 N–H and O–H groups in total. The number of urea groups is 1. The molecule has 9 heteroatoms. The Morgan fingerprint density at radius 2 is 1.64 bits per heavy atom. The topological polar surface area (TPSA) is 82.1 Å². The summed E-state index contributed by atoms with van der Waals surface area (Å²) in [4.78, 5) is 43.8. The van der Waals surface area contributed by atoms with Gasteiger partial charge < -0.3 is 14.5 Å². The van der Waals surface area contributed by atoms with Crippen LogP contribution in [0.25, 0.3) is 0 Å². The maximum atomic E-state index is 13.6. The predicted molar refractivity (Wildman–Crippen MR) is 137 cm³/mol. The minimum absolute atomic E-state index is 0.0479. The number of carbonyl (C=O) groups is 2. The molecule has 0 spiro atoms. The summed E-state index contributed by atoms with van der Waals surface area (Å²) in [6.45, 7) is 5.93. The zero-order chi connectivity index (χ0) is 24.9. The highest BCUT2D eigenvalue weighted by molar-refractivity contribution is 6.01. The number of anilines is 1. The predicted octanol–water partition coefficient (Wildman–Crippen LogP) is 2.99. The van der Waals surface area contributed by atoms with E-state index < -0.39 is 0 Å². The Hall–Kier alpha value is -3.20. The van der Waals surface area contributed by atoms with Crippen molar-refractivity contribution in [2.75, 3.05) is 57.8 Å². The molecule has 3 aliphatic heterocycles. The van der Waals surface area contributed by atoms with Crippen LogP contribution in [-0.4, -0.2) is 95.6 Å². The van der Waals surface area contributed by atoms with Crippen LogP contribution in [0.1, 0.15) is 43.6 Å². The van der Waals surface area contributed by atoms with Gasteiger partial charge in [-0.2, -0.15) is 0 Å². The molecule has 3 saturated heterocycles. The van der Waals surface area contributed by atoms with Crippen LogP contribution in [0.2, 0.25) is 0 Å². The van der Waals surface area contributed by atoms with Crippen molar-refractivity contribution < 1.29 is 14.3 Å². The number of nitrogens with zero attached hydrogens (tertiary/aromatic N) is 6. The van der Waals surface area contributed by atoms with Crippen molar-refractivity contribution in [3.05, 3.63) is 48.3 Å². The number of amides is 3. The van der Waals surface area contributed by atoms with Gasteiger partial charge in [0, 0.05) is 57.7 Å². The van der Waals surface area contributed by atoms with E-state index in [1.54, 1.807) is 19.5 Å². The van der Waals surface area contributed by atoms with Crippen LogP contribution in [-0.2, 0) is 4.79 Å². The van der Waals surface area contributed by atoms with Crippen LogP contribution < -0.4 is 9.64 Å². The zero-order valence-corrected chi connectivity index (χ0v) is 21.1. The molecule has 0 bridgehead atoms. The van der Waals surface area contributed by atoms with Gasteiger partial charge in [-0.05, 0) is 62.4 Å². The molecule has 4 heterocycles. The Morgan fingerprint density at radius 3 is 2.36 bits per heavy atom. The Morgan fingerprint density at radius 1 is 0.917 bits per heavy atom. The smallest absolute Gasteiger partial charge is 0.326 e. The molecule has 1 aromatic carbocycles. The minimum atomic E-state index is -0.304. The number of carbonyl (C=O) groups excluding carboxylic acids is 2. The van der Waals surface area contributed by atoms with Gasteiger partial charge in [0.1, 0.15) is 5.75 Å². The number of aromatic nitrogens is 2. The van der Waals surface area contributed by atoms with Crippen molar-refractivity contribution >= 4 is 17.9 Å². The summed E-state index contributed by atoms with van der Waals surface area (Å²) >= 11 is 0. The van der Waals surface area contributed by atoms with E-state index in [0.29, 0.717) is 6.54 Å². The van der Waals surface area contributed by atoms with Crippen LogP contribution in [0.5, 0.6) is 5.75 Å². The van der Waals surface area contributed by atoms with Crippen LogP contribution in [0.15, 0.2) is 42.7 Å². The molecular weight excluding hydrogens is 456 g/mol. The van der Waals surface area contributed by atoms with E-state index in [9.17, 15) is 9.59 Å². The van der Waals surface area contributed by atoms with Crippen molar-refractivity contribution in [3.63, 3.8) is 0 Å². The summed E-state index contributed by atoms with van der Waals surface area (Å²) < 4.78 is 5.30. The van der Waals surface area contributed by atoms with Crippen LogP contribution >= 0.6 is 0 Å². The molecule has 3 aliphatic rings. The summed E-state index contributed by atoms with van der Waals surface area (Å²) in [5, 5.41) is 0. The number of hydrogen-bond acceptors (Lipinski definition) is 7. The second-order valence-corrected chi connectivity index (χ2v) is 9.86. The van der Waals surface area contributed by atoms with Gasteiger partial charge in [-0.3, -0.25) is 14.6 Å². The molecule has 5 rings (SSSR count). The fourth-order valence-electron chi connectivity index (χ4n) is 5.74. The van der Waals surface area contributed by atoms with Crippen molar-refractivity contribution in [3.8, 4) is 5.75 Å². The molecule has 192 valence electrons. The summed E-state index contributed by atoms with van der Waals surface area (Å²) in [6.07, 6.45) is 8.26. The normalized spacial score (nSPS) is 23.1. The standard InChI is InChI=1S/C27H36N6O3/c1-36-22-10-8-21(9-11-22)24-23-7-2-3-15-32(23)27(35)33(25(24)34)16-5-4-14-30-17-19-31(20-18-30)26-28-12-6-13-29-26/h6,8-13,23-24H,2-5,7,14-20H2,1H3/t23-,24-/m1/s1. The Bertz CT molecular complexity index is 1030. The van der Waals surface area contributed by atoms with Gasteiger partial charge in [0.15, 0.2) is 0 Å². The molecular formula is C27H36N6O3. The van der Waals surface area contributed by atoms with Gasteiger partial charge in [0.05, 0.1) is 13.0 Å². The van der Waals surface area contributed by atoms with E-state index >= 15 is 0 Å². The van der Waals surface area contributed by atoms with E-state index in [1.807, 2.05) is 35.2 Å². The number of methoxy groups -OCH3 is 1. The molecule has 9 nitrogen and oxygen atoms in total. The molecule has 2 aromatic rings. The molecule has 2 atom stereocenters. The molecule has 3 amide bonds. The number of fused-ring (bicyclic) bond motifs is 1. The highest BCUT2D eigenvalue weighted by Crippen LogP contribution is 2.37. The number of piperidine rings is 1.